The number of hydrogen-bond donors (Lipinski definition) is 0. The highest BCUT2D eigenvalue weighted by molar-refractivity contribution is 5.76. The first-order chi connectivity index (χ1) is 11.6. The molecule has 0 bridgehead atoms. The molecule has 1 aromatic rings. The van der Waals surface area contributed by atoms with Crippen LogP contribution >= 0.6 is 0 Å². The van der Waals surface area contributed by atoms with E-state index in [0.717, 1.165) is 18.4 Å². The number of carbonyl (C=O) groups excluding carboxylic acids is 2. The predicted octanol–water partition coefficient (Wildman–Crippen LogP) is 3.29. The van der Waals surface area contributed by atoms with Gasteiger partial charge in [-0.25, -0.2) is 4.79 Å². The number of rotatable bonds is 6. The van der Waals surface area contributed by atoms with Crippen molar-refractivity contribution < 1.29 is 14.3 Å². The Kier molecular flexibility index (Phi) is 7.09. The Hall–Kier alpha value is -2.04. The highest BCUT2D eigenvalue weighted by Gasteiger charge is 2.24. The summed E-state index contributed by atoms with van der Waals surface area (Å²) >= 11 is 0. The zero-order valence-electron chi connectivity index (χ0n) is 14.7. The van der Waals surface area contributed by atoms with Crippen LogP contribution < -0.4 is 0 Å². The summed E-state index contributed by atoms with van der Waals surface area (Å²) < 4.78 is 5.34. The molecule has 1 fully saturated rings. The topological polar surface area (TPSA) is 49.9 Å². The van der Waals surface area contributed by atoms with E-state index in [1.807, 2.05) is 35.2 Å². The number of ether oxygens (including phenoxy) is 1. The van der Waals surface area contributed by atoms with Gasteiger partial charge in [-0.1, -0.05) is 50.6 Å². The Morgan fingerprint density at radius 3 is 2.29 bits per heavy atom. The van der Waals surface area contributed by atoms with E-state index in [1.54, 1.807) is 4.90 Å². The molecule has 1 heterocycles. The third kappa shape index (κ3) is 5.87. The Balaban J connectivity index is 1.68. The predicted molar refractivity (Wildman–Crippen MR) is 93.5 cm³/mol. The Morgan fingerprint density at radius 1 is 1.04 bits per heavy atom. The first-order valence-corrected chi connectivity index (χ1v) is 8.79. The molecular weight excluding hydrogens is 304 g/mol. The molecule has 1 aromatic carbocycles. The maximum Gasteiger partial charge on any atom is 0.410 e. The number of nitrogens with zero attached hydrogens (tertiary/aromatic N) is 2. The van der Waals surface area contributed by atoms with Crippen LogP contribution in [0, 0.1) is 5.92 Å². The lowest BCUT2D eigenvalue weighted by atomic mass is 10.1. The van der Waals surface area contributed by atoms with Crippen LogP contribution in [0.5, 0.6) is 0 Å². The van der Waals surface area contributed by atoms with E-state index >= 15 is 0 Å². The number of benzene rings is 1. The smallest absolute Gasteiger partial charge is 0.410 e. The van der Waals surface area contributed by atoms with E-state index in [-0.39, 0.29) is 18.6 Å². The van der Waals surface area contributed by atoms with Gasteiger partial charge in [0.1, 0.15) is 6.61 Å². The average molecular weight is 332 g/mol. The van der Waals surface area contributed by atoms with Gasteiger partial charge in [0.05, 0.1) is 0 Å². The van der Waals surface area contributed by atoms with E-state index in [0.29, 0.717) is 38.5 Å². The summed E-state index contributed by atoms with van der Waals surface area (Å²) in [6.07, 6.45) is 2.33. The molecule has 0 atom stereocenters. The highest BCUT2D eigenvalue weighted by Crippen LogP contribution is 2.11. The molecule has 2 amide bonds. The van der Waals surface area contributed by atoms with Gasteiger partial charge in [-0.05, 0) is 17.9 Å². The lowest BCUT2D eigenvalue weighted by Gasteiger charge is -2.34. The third-order valence-electron chi connectivity index (χ3n) is 4.27. The van der Waals surface area contributed by atoms with Crippen molar-refractivity contribution in [2.24, 2.45) is 5.92 Å². The molecule has 1 aliphatic heterocycles. The molecule has 0 radical (unpaired) electrons. The van der Waals surface area contributed by atoms with E-state index in [1.165, 1.54) is 0 Å². The molecule has 2 rings (SSSR count). The van der Waals surface area contributed by atoms with Crippen molar-refractivity contribution in [1.82, 2.24) is 9.80 Å². The minimum atomic E-state index is -0.300. The fourth-order valence-corrected chi connectivity index (χ4v) is 2.77. The summed E-state index contributed by atoms with van der Waals surface area (Å²) in [5, 5.41) is 0. The van der Waals surface area contributed by atoms with Gasteiger partial charge in [-0.3, -0.25) is 4.79 Å². The summed E-state index contributed by atoms with van der Waals surface area (Å²) in [6.45, 7) is 6.91. The van der Waals surface area contributed by atoms with E-state index in [2.05, 4.69) is 13.8 Å². The molecule has 0 spiro atoms. The third-order valence-corrected chi connectivity index (χ3v) is 4.27. The number of piperazine rings is 1. The monoisotopic (exact) mass is 332 g/mol. The minimum absolute atomic E-state index is 0.202. The summed E-state index contributed by atoms with van der Waals surface area (Å²) in [5.74, 6) is 0.835. The molecule has 0 aromatic heterocycles. The van der Waals surface area contributed by atoms with Gasteiger partial charge in [-0.15, -0.1) is 0 Å². The lowest BCUT2D eigenvalue weighted by molar-refractivity contribution is -0.132. The van der Waals surface area contributed by atoms with Crippen molar-refractivity contribution in [2.75, 3.05) is 26.2 Å². The molecule has 0 N–H and O–H groups in total. The summed E-state index contributed by atoms with van der Waals surface area (Å²) in [5.41, 5.74) is 0.977. The van der Waals surface area contributed by atoms with Crippen molar-refractivity contribution in [3.63, 3.8) is 0 Å². The Morgan fingerprint density at radius 2 is 1.67 bits per heavy atom. The molecule has 0 aliphatic carbocycles. The molecule has 5 heteroatoms. The van der Waals surface area contributed by atoms with Crippen LogP contribution in [-0.4, -0.2) is 48.0 Å². The van der Waals surface area contributed by atoms with Crippen LogP contribution in [0.2, 0.25) is 0 Å². The molecule has 1 aliphatic rings. The van der Waals surface area contributed by atoms with Gasteiger partial charge < -0.3 is 14.5 Å². The van der Waals surface area contributed by atoms with Crippen molar-refractivity contribution >= 4 is 12.0 Å². The Labute approximate surface area is 144 Å². The van der Waals surface area contributed by atoms with Gasteiger partial charge in [-0.2, -0.15) is 0 Å². The molecule has 1 saturated heterocycles. The fraction of sp³-hybridized carbons (Fsp3) is 0.579. The van der Waals surface area contributed by atoms with E-state index < -0.39 is 0 Å². The minimum Gasteiger partial charge on any atom is -0.445 e. The molecule has 24 heavy (non-hydrogen) atoms. The molecule has 0 saturated carbocycles. The van der Waals surface area contributed by atoms with Crippen molar-refractivity contribution in [3.8, 4) is 0 Å². The molecule has 5 nitrogen and oxygen atoms in total. The molecular formula is C19H28N2O3. The fourth-order valence-electron chi connectivity index (χ4n) is 2.77. The first kappa shape index (κ1) is 18.3. The van der Waals surface area contributed by atoms with Crippen LogP contribution in [0.15, 0.2) is 30.3 Å². The van der Waals surface area contributed by atoms with Crippen LogP contribution in [0.25, 0.3) is 0 Å². The van der Waals surface area contributed by atoms with Gasteiger partial charge in [0.15, 0.2) is 0 Å². The van der Waals surface area contributed by atoms with Gasteiger partial charge >= 0.3 is 6.09 Å². The zero-order valence-corrected chi connectivity index (χ0v) is 14.7. The van der Waals surface area contributed by atoms with Crippen molar-refractivity contribution in [2.45, 2.75) is 39.7 Å². The van der Waals surface area contributed by atoms with Gasteiger partial charge in [0.2, 0.25) is 5.91 Å². The number of carbonyl (C=O) groups is 2. The van der Waals surface area contributed by atoms with Crippen LogP contribution in [0.3, 0.4) is 0 Å². The highest BCUT2D eigenvalue weighted by atomic mass is 16.6. The summed E-state index contributed by atoms with van der Waals surface area (Å²) in [7, 11) is 0. The van der Waals surface area contributed by atoms with Gasteiger partial charge in [0, 0.05) is 32.6 Å². The maximum atomic E-state index is 12.2. The number of hydrogen-bond acceptors (Lipinski definition) is 3. The SMILES string of the molecule is CC(C)CCCC(=O)N1CCN(C(=O)OCc2ccccc2)CC1. The largest absolute Gasteiger partial charge is 0.445 e. The lowest BCUT2D eigenvalue weighted by Crippen LogP contribution is -2.50. The first-order valence-electron chi connectivity index (χ1n) is 8.79. The summed E-state index contributed by atoms with van der Waals surface area (Å²) in [6, 6.07) is 9.64. The van der Waals surface area contributed by atoms with E-state index in [4.69, 9.17) is 4.74 Å². The number of amides is 2. The second-order valence-electron chi connectivity index (χ2n) is 6.69. The second kappa shape index (κ2) is 9.30. The zero-order chi connectivity index (χ0) is 17.4. The van der Waals surface area contributed by atoms with Gasteiger partial charge in [0.25, 0.3) is 0 Å². The Bertz CT molecular complexity index is 523. The second-order valence-corrected chi connectivity index (χ2v) is 6.69. The van der Waals surface area contributed by atoms with Crippen molar-refractivity contribution in [1.29, 1.82) is 0 Å². The van der Waals surface area contributed by atoms with E-state index in [9.17, 15) is 9.59 Å². The van der Waals surface area contributed by atoms with Crippen LogP contribution in [0.4, 0.5) is 4.79 Å². The molecule has 0 unspecified atom stereocenters. The van der Waals surface area contributed by atoms with Crippen LogP contribution in [-0.2, 0) is 16.1 Å². The normalized spacial score (nSPS) is 14.8. The summed E-state index contributed by atoms with van der Waals surface area (Å²) in [4.78, 5) is 27.8. The average Bonchev–Trinajstić information content (AvgIpc) is 2.60. The molecule has 132 valence electrons. The van der Waals surface area contributed by atoms with Crippen LogP contribution in [0.1, 0.15) is 38.7 Å². The quantitative estimate of drug-likeness (QED) is 0.803. The standard InChI is InChI=1S/C19H28N2O3/c1-16(2)7-6-10-18(22)20-11-13-21(14-12-20)19(23)24-15-17-8-4-3-5-9-17/h3-5,8-9,16H,6-7,10-15H2,1-2H3. The van der Waals surface area contributed by atoms with Crippen molar-refractivity contribution in [3.05, 3.63) is 35.9 Å². The maximum absolute atomic E-state index is 12.2.